The van der Waals surface area contributed by atoms with Crippen molar-refractivity contribution in [2.24, 2.45) is 11.3 Å². The van der Waals surface area contributed by atoms with E-state index in [0.29, 0.717) is 18.9 Å². The van der Waals surface area contributed by atoms with Gasteiger partial charge in [-0.3, -0.25) is 14.5 Å². The summed E-state index contributed by atoms with van der Waals surface area (Å²) in [5, 5.41) is 3.33. The van der Waals surface area contributed by atoms with Crippen molar-refractivity contribution >= 4 is 11.8 Å². The molecule has 2 saturated heterocycles. The van der Waals surface area contributed by atoms with E-state index < -0.39 is 5.41 Å². The molecular weight excluding hydrogens is 216 g/mol. The van der Waals surface area contributed by atoms with Gasteiger partial charge in [0.25, 0.3) is 0 Å². The third-order valence-corrected chi connectivity index (χ3v) is 3.94. The van der Waals surface area contributed by atoms with Crippen LogP contribution in [0.15, 0.2) is 0 Å². The van der Waals surface area contributed by atoms with Crippen molar-refractivity contribution in [1.82, 2.24) is 10.2 Å². The second-order valence-corrected chi connectivity index (χ2v) is 5.89. The predicted molar refractivity (Wildman–Crippen MR) is 65.3 cm³/mol. The molecule has 0 aliphatic carbocycles. The maximum Gasteiger partial charge on any atom is 0.235 e. The summed E-state index contributed by atoms with van der Waals surface area (Å²) in [6, 6.07) is 0. The minimum atomic E-state index is -0.481. The smallest absolute Gasteiger partial charge is 0.235 e. The zero-order valence-corrected chi connectivity index (χ0v) is 10.8. The first-order valence-electron chi connectivity index (χ1n) is 6.56. The van der Waals surface area contributed by atoms with Crippen molar-refractivity contribution in [3.05, 3.63) is 0 Å². The molecule has 0 saturated carbocycles. The Balaban J connectivity index is 1.86. The summed E-state index contributed by atoms with van der Waals surface area (Å²) in [5.41, 5.74) is -0.481. The lowest BCUT2D eigenvalue weighted by Gasteiger charge is -2.25. The van der Waals surface area contributed by atoms with Crippen molar-refractivity contribution in [1.29, 1.82) is 0 Å². The lowest BCUT2D eigenvalue weighted by molar-refractivity contribution is -0.141. The number of hydrogen-bond acceptors (Lipinski definition) is 3. The van der Waals surface area contributed by atoms with Crippen LogP contribution in [0.3, 0.4) is 0 Å². The van der Waals surface area contributed by atoms with Crippen LogP contribution in [-0.2, 0) is 9.59 Å². The van der Waals surface area contributed by atoms with Gasteiger partial charge in [-0.2, -0.15) is 0 Å². The van der Waals surface area contributed by atoms with Crippen LogP contribution >= 0.6 is 0 Å². The number of nitrogens with one attached hydrogen (secondary N) is 1. The highest BCUT2D eigenvalue weighted by Crippen LogP contribution is 2.32. The summed E-state index contributed by atoms with van der Waals surface area (Å²) in [4.78, 5) is 25.2. The monoisotopic (exact) mass is 238 g/mol. The van der Waals surface area contributed by atoms with Gasteiger partial charge in [-0.1, -0.05) is 13.8 Å². The first-order valence-corrected chi connectivity index (χ1v) is 6.56. The van der Waals surface area contributed by atoms with Crippen molar-refractivity contribution in [2.75, 3.05) is 19.6 Å². The fraction of sp³-hybridized carbons (Fsp3) is 0.846. The largest absolute Gasteiger partial charge is 0.317 e. The fourth-order valence-electron chi connectivity index (χ4n) is 2.74. The number of nitrogens with zero attached hydrogens (tertiary/aromatic N) is 1. The quantitative estimate of drug-likeness (QED) is 0.751. The molecule has 4 heteroatoms. The first-order chi connectivity index (χ1) is 8.00. The van der Waals surface area contributed by atoms with Crippen LogP contribution in [0, 0.1) is 11.3 Å². The third-order valence-electron chi connectivity index (χ3n) is 3.94. The molecule has 0 unspecified atom stereocenters. The average molecular weight is 238 g/mol. The van der Waals surface area contributed by atoms with Crippen LogP contribution in [0.2, 0.25) is 0 Å². The maximum atomic E-state index is 12.0. The lowest BCUT2D eigenvalue weighted by atomic mass is 9.92. The van der Waals surface area contributed by atoms with Gasteiger partial charge in [0, 0.05) is 13.0 Å². The molecular formula is C13H22N2O2. The third kappa shape index (κ3) is 2.68. The SMILES string of the molecule is CC1(C)CC(=O)N(CCC2CCNCC2)C1=O. The highest BCUT2D eigenvalue weighted by molar-refractivity contribution is 6.05. The Hall–Kier alpha value is -0.900. The normalized spacial score (nSPS) is 25.6. The van der Waals surface area contributed by atoms with Crippen LogP contribution < -0.4 is 5.32 Å². The first kappa shape index (κ1) is 12.6. The van der Waals surface area contributed by atoms with Crippen molar-refractivity contribution < 1.29 is 9.59 Å². The van der Waals surface area contributed by atoms with E-state index in [4.69, 9.17) is 0 Å². The van der Waals surface area contributed by atoms with E-state index in [1.807, 2.05) is 13.8 Å². The van der Waals surface area contributed by atoms with Crippen LogP contribution in [0.4, 0.5) is 0 Å². The number of imide groups is 1. The lowest BCUT2D eigenvalue weighted by Crippen LogP contribution is -2.36. The van der Waals surface area contributed by atoms with Crippen molar-refractivity contribution in [3.63, 3.8) is 0 Å². The molecule has 0 aromatic heterocycles. The Bertz CT molecular complexity index is 319. The molecule has 0 atom stereocenters. The van der Waals surface area contributed by atoms with Crippen molar-refractivity contribution in [3.8, 4) is 0 Å². The van der Waals surface area contributed by atoms with Crippen LogP contribution in [0.1, 0.15) is 39.5 Å². The van der Waals surface area contributed by atoms with E-state index >= 15 is 0 Å². The Morgan fingerprint density at radius 2 is 1.94 bits per heavy atom. The molecule has 0 aromatic rings. The number of likely N-dealkylation sites (tertiary alicyclic amines) is 1. The second-order valence-electron chi connectivity index (χ2n) is 5.89. The van der Waals surface area contributed by atoms with E-state index in [1.165, 1.54) is 17.7 Å². The van der Waals surface area contributed by atoms with Gasteiger partial charge in [0.15, 0.2) is 0 Å². The Morgan fingerprint density at radius 3 is 2.47 bits per heavy atom. The highest BCUT2D eigenvalue weighted by atomic mass is 16.2. The molecule has 2 rings (SSSR count). The molecule has 2 heterocycles. The molecule has 1 N–H and O–H groups in total. The topological polar surface area (TPSA) is 49.4 Å². The van der Waals surface area contributed by atoms with E-state index in [2.05, 4.69) is 5.32 Å². The summed E-state index contributed by atoms with van der Waals surface area (Å²) in [5.74, 6) is 0.686. The van der Waals surface area contributed by atoms with Gasteiger partial charge in [0.1, 0.15) is 0 Å². The molecule has 2 aliphatic heterocycles. The minimum Gasteiger partial charge on any atom is -0.317 e. The van der Waals surface area contributed by atoms with Gasteiger partial charge in [0.2, 0.25) is 11.8 Å². The maximum absolute atomic E-state index is 12.0. The zero-order chi connectivity index (χ0) is 12.5. The van der Waals surface area contributed by atoms with Crippen LogP contribution in [0.25, 0.3) is 0 Å². The van der Waals surface area contributed by atoms with E-state index in [0.717, 1.165) is 19.5 Å². The van der Waals surface area contributed by atoms with Gasteiger partial charge >= 0.3 is 0 Å². The summed E-state index contributed by atoms with van der Waals surface area (Å²) < 4.78 is 0. The minimum absolute atomic E-state index is 0.00827. The Kier molecular flexibility index (Phi) is 3.52. The van der Waals surface area contributed by atoms with Crippen molar-refractivity contribution in [2.45, 2.75) is 39.5 Å². The number of carbonyl (C=O) groups excluding carboxylic acids is 2. The van der Waals surface area contributed by atoms with E-state index in [1.54, 1.807) is 0 Å². The number of carbonyl (C=O) groups is 2. The number of hydrogen-bond donors (Lipinski definition) is 1. The zero-order valence-electron chi connectivity index (χ0n) is 10.8. The number of amides is 2. The van der Waals surface area contributed by atoms with Gasteiger partial charge in [-0.15, -0.1) is 0 Å². The molecule has 4 nitrogen and oxygen atoms in total. The molecule has 0 radical (unpaired) electrons. The average Bonchev–Trinajstić information content (AvgIpc) is 2.48. The Labute approximate surface area is 103 Å². The van der Waals surface area contributed by atoms with Gasteiger partial charge in [-0.25, -0.2) is 0 Å². The van der Waals surface area contributed by atoms with Gasteiger partial charge in [0.05, 0.1) is 5.41 Å². The molecule has 2 aliphatic rings. The standard InChI is InChI=1S/C13H22N2O2/c1-13(2)9-11(16)15(12(13)17)8-5-10-3-6-14-7-4-10/h10,14H,3-9H2,1-2H3. The summed E-state index contributed by atoms with van der Waals surface area (Å²) in [6.07, 6.45) is 3.67. The van der Waals surface area contributed by atoms with Crippen LogP contribution in [-0.4, -0.2) is 36.3 Å². The summed E-state index contributed by atoms with van der Waals surface area (Å²) in [6.45, 7) is 6.47. The summed E-state index contributed by atoms with van der Waals surface area (Å²) >= 11 is 0. The molecule has 2 amide bonds. The number of piperidine rings is 1. The molecule has 0 spiro atoms. The van der Waals surface area contributed by atoms with E-state index in [-0.39, 0.29) is 11.8 Å². The summed E-state index contributed by atoms with van der Waals surface area (Å²) in [7, 11) is 0. The molecule has 17 heavy (non-hydrogen) atoms. The number of rotatable bonds is 3. The molecule has 0 aromatic carbocycles. The Morgan fingerprint density at radius 1 is 1.29 bits per heavy atom. The van der Waals surface area contributed by atoms with E-state index in [9.17, 15) is 9.59 Å². The molecule has 96 valence electrons. The fourth-order valence-corrected chi connectivity index (χ4v) is 2.74. The molecule has 0 bridgehead atoms. The molecule has 2 fully saturated rings. The highest BCUT2D eigenvalue weighted by Gasteiger charge is 2.44. The van der Waals surface area contributed by atoms with Crippen LogP contribution in [0.5, 0.6) is 0 Å². The predicted octanol–water partition coefficient (Wildman–Crippen LogP) is 1.16. The second kappa shape index (κ2) is 4.77. The van der Waals surface area contributed by atoms with Gasteiger partial charge in [-0.05, 0) is 38.3 Å². The van der Waals surface area contributed by atoms with Gasteiger partial charge < -0.3 is 5.32 Å².